The molecule has 0 aliphatic rings. The lowest BCUT2D eigenvalue weighted by Gasteiger charge is -2.17. The second-order valence-corrected chi connectivity index (χ2v) is 6.21. The second-order valence-electron chi connectivity index (χ2n) is 4.90. The van der Waals surface area contributed by atoms with E-state index in [0.29, 0.717) is 11.8 Å². The number of rotatable bonds is 8. The monoisotopic (exact) mass is 365 g/mol. The second kappa shape index (κ2) is 8.91. The number of hydrogen-bond acceptors (Lipinski definition) is 5. The minimum absolute atomic E-state index is 0.0968. The zero-order valence-electron chi connectivity index (χ0n) is 13.3. The van der Waals surface area contributed by atoms with Gasteiger partial charge in [0, 0.05) is 16.9 Å². The van der Waals surface area contributed by atoms with Gasteiger partial charge in [0.25, 0.3) is 5.69 Å². The van der Waals surface area contributed by atoms with E-state index in [0.717, 1.165) is 18.6 Å². The van der Waals surface area contributed by atoms with E-state index in [-0.39, 0.29) is 18.6 Å². The first kappa shape index (κ1) is 20.3. The van der Waals surface area contributed by atoms with Crippen LogP contribution in [-0.4, -0.2) is 23.3 Å². The predicted octanol–water partition coefficient (Wildman–Crippen LogP) is 4.75. The molecule has 0 aliphatic carbocycles. The fourth-order valence-electron chi connectivity index (χ4n) is 2.04. The Morgan fingerprint density at radius 1 is 1.38 bits per heavy atom. The van der Waals surface area contributed by atoms with E-state index >= 15 is 0 Å². The number of benzene rings is 1. The molecule has 0 N–H and O–H groups in total. The molecule has 0 saturated carbocycles. The van der Waals surface area contributed by atoms with Gasteiger partial charge in [0.05, 0.1) is 23.5 Å². The summed E-state index contributed by atoms with van der Waals surface area (Å²) in [5.41, 5.74) is -1.63. The summed E-state index contributed by atoms with van der Waals surface area (Å²) in [4.78, 5) is 22.1. The SMILES string of the molecule is CCCSC(CC(=O)OCC)c1ccc(C(F)(F)F)cc1[N+](=O)[O-]. The summed E-state index contributed by atoms with van der Waals surface area (Å²) < 4.78 is 43.2. The Bertz CT molecular complexity index is 593. The number of carbonyl (C=O) groups is 1. The molecule has 24 heavy (non-hydrogen) atoms. The molecule has 0 radical (unpaired) electrons. The normalized spacial score (nSPS) is 12.7. The molecule has 5 nitrogen and oxygen atoms in total. The smallest absolute Gasteiger partial charge is 0.416 e. The molecule has 1 aromatic rings. The van der Waals surface area contributed by atoms with Gasteiger partial charge in [0.15, 0.2) is 0 Å². The highest BCUT2D eigenvalue weighted by molar-refractivity contribution is 7.99. The van der Waals surface area contributed by atoms with Crippen molar-refractivity contribution in [3.05, 3.63) is 39.4 Å². The third kappa shape index (κ3) is 5.70. The van der Waals surface area contributed by atoms with Gasteiger partial charge < -0.3 is 4.74 Å². The molecule has 9 heteroatoms. The third-order valence-corrected chi connectivity index (χ3v) is 4.55. The van der Waals surface area contributed by atoms with Gasteiger partial charge in [-0.05, 0) is 25.2 Å². The van der Waals surface area contributed by atoms with Crippen LogP contribution in [0.1, 0.15) is 43.1 Å². The highest BCUT2D eigenvalue weighted by atomic mass is 32.2. The number of hydrogen-bond donors (Lipinski definition) is 0. The summed E-state index contributed by atoms with van der Waals surface area (Å²) in [5.74, 6) is 0.0720. The first-order valence-corrected chi connectivity index (χ1v) is 8.38. The molecule has 0 aliphatic heterocycles. The number of nitro groups is 1. The largest absolute Gasteiger partial charge is 0.466 e. The van der Waals surface area contributed by atoms with Gasteiger partial charge >= 0.3 is 12.1 Å². The van der Waals surface area contributed by atoms with Gasteiger partial charge in [-0.15, -0.1) is 0 Å². The minimum atomic E-state index is -4.67. The minimum Gasteiger partial charge on any atom is -0.466 e. The van der Waals surface area contributed by atoms with Crippen LogP contribution in [-0.2, 0) is 15.7 Å². The molecule has 0 aromatic heterocycles. The van der Waals surface area contributed by atoms with Crippen molar-refractivity contribution in [2.24, 2.45) is 0 Å². The highest BCUT2D eigenvalue weighted by Crippen LogP contribution is 2.41. The third-order valence-electron chi connectivity index (χ3n) is 3.08. The molecule has 0 saturated heterocycles. The van der Waals surface area contributed by atoms with Gasteiger partial charge in [0.1, 0.15) is 0 Å². The van der Waals surface area contributed by atoms with Gasteiger partial charge in [-0.1, -0.05) is 13.0 Å². The van der Waals surface area contributed by atoms with E-state index < -0.39 is 33.6 Å². The first-order chi connectivity index (χ1) is 11.2. The van der Waals surface area contributed by atoms with Crippen LogP contribution in [0.15, 0.2) is 18.2 Å². The van der Waals surface area contributed by atoms with Crippen LogP contribution in [0.25, 0.3) is 0 Å². The Kier molecular flexibility index (Phi) is 7.53. The van der Waals surface area contributed by atoms with Crippen LogP contribution >= 0.6 is 11.8 Å². The standard InChI is InChI=1S/C15H18F3NO4S/c1-3-7-24-13(9-14(20)23-4-2)11-6-5-10(15(16,17)18)8-12(11)19(21)22/h5-6,8,13H,3-4,7,9H2,1-2H3. The zero-order valence-corrected chi connectivity index (χ0v) is 14.1. The van der Waals surface area contributed by atoms with Crippen LogP contribution in [0.4, 0.5) is 18.9 Å². The van der Waals surface area contributed by atoms with Crippen LogP contribution in [0, 0.1) is 10.1 Å². The Balaban J connectivity index is 3.24. The van der Waals surface area contributed by atoms with E-state index in [2.05, 4.69) is 0 Å². The number of ether oxygens (including phenoxy) is 1. The van der Waals surface area contributed by atoms with Crippen LogP contribution in [0.5, 0.6) is 0 Å². The Labute approximate surface area is 141 Å². The number of esters is 1. The molecule has 0 amide bonds. The number of carbonyl (C=O) groups excluding carboxylic acids is 1. The van der Waals surface area contributed by atoms with Crippen molar-refractivity contribution in [2.75, 3.05) is 12.4 Å². The van der Waals surface area contributed by atoms with Crippen molar-refractivity contribution < 1.29 is 27.6 Å². The number of nitro benzene ring substituents is 1. The fraction of sp³-hybridized carbons (Fsp3) is 0.533. The molecule has 0 fully saturated rings. The maximum atomic E-state index is 12.8. The van der Waals surface area contributed by atoms with Crippen molar-refractivity contribution in [2.45, 2.75) is 38.1 Å². The fourth-order valence-corrected chi connectivity index (χ4v) is 3.19. The summed E-state index contributed by atoms with van der Waals surface area (Å²) in [6, 6.07) is 2.39. The van der Waals surface area contributed by atoms with E-state index in [9.17, 15) is 28.1 Å². The lowest BCUT2D eigenvalue weighted by Crippen LogP contribution is -2.12. The van der Waals surface area contributed by atoms with Gasteiger partial charge in [0.2, 0.25) is 0 Å². The van der Waals surface area contributed by atoms with Gasteiger partial charge in [-0.2, -0.15) is 24.9 Å². The maximum Gasteiger partial charge on any atom is 0.416 e. The van der Waals surface area contributed by atoms with Crippen molar-refractivity contribution in [3.63, 3.8) is 0 Å². The quantitative estimate of drug-likeness (QED) is 0.378. The molecule has 0 spiro atoms. The van der Waals surface area contributed by atoms with Crippen LogP contribution in [0.2, 0.25) is 0 Å². The molecular formula is C15H18F3NO4S. The number of nitrogens with zero attached hydrogens (tertiary/aromatic N) is 1. The molecule has 1 unspecified atom stereocenters. The molecular weight excluding hydrogens is 347 g/mol. The van der Waals surface area contributed by atoms with E-state index in [4.69, 9.17) is 4.74 Å². The summed E-state index contributed by atoms with van der Waals surface area (Å²) in [6.07, 6.45) is -4.04. The molecule has 0 bridgehead atoms. The maximum absolute atomic E-state index is 12.8. The number of thioether (sulfide) groups is 1. The number of halogens is 3. The zero-order chi connectivity index (χ0) is 18.3. The topological polar surface area (TPSA) is 69.4 Å². The summed E-state index contributed by atoms with van der Waals surface area (Å²) in [5, 5.41) is 10.6. The molecule has 1 aromatic carbocycles. The van der Waals surface area contributed by atoms with Crippen molar-refractivity contribution >= 4 is 23.4 Å². The Morgan fingerprint density at radius 2 is 2.04 bits per heavy atom. The van der Waals surface area contributed by atoms with Crippen LogP contribution < -0.4 is 0 Å². The summed E-state index contributed by atoms with van der Waals surface area (Å²) in [7, 11) is 0. The molecule has 1 atom stereocenters. The van der Waals surface area contributed by atoms with Gasteiger partial charge in [-0.3, -0.25) is 14.9 Å². The van der Waals surface area contributed by atoms with E-state index in [1.165, 1.54) is 11.8 Å². The molecule has 1 rings (SSSR count). The molecule has 0 heterocycles. The summed E-state index contributed by atoms with van der Waals surface area (Å²) in [6.45, 7) is 3.70. The van der Waals surface area contributed by atoms with Gasteiger partial charge in [-0.25, -0.2) is 0 Å². The predicted molar refractivity (Wildman–Crippen MR) is 84.8 cm³/mol. The summed E-state index contributed by atoms with van der Waals surface area (Å²) >= 11 is 1.29. The Hall–Kier alpha value is -1.77. The lowest BCUT2D eigenvalue weighted by atomic mass is 10.0. The van der Waals surface area contributed by atoms with Crippen molar-refractivity contribution in [1.29, 1.82) is 0 Å². The van der Waals surface area contributed by atoms with E-state index in [1.807, 2.05) is 6.92 Å². The molecule has 134 valence electrons. The van der Waals surface area contributed by atoms with E-state index in [1.54, 1.807) is 6.92 Å². The average Bonchev–Trinajstić information content (AvgIpc) is 2.50. The average molecular weight is 365 g/mol. The number of alkyl halides is 3. The highest BCUT2D eigenvalue weighted by Gasteiger charge is 2.34. The van der Waals surface area contributed by atoms with Crippen molar-refractivity contribution in [1.82, 2.24) is 0 Å². The first-order valence-electron chi connectivity index (χ1n) is 7.33. The Morgan fingerprint density at radius 3 is 2.54 bits per heavy atom. The van der Waals surface area contributed by atoms with Crippen molar-refractivity contribution in [3.8, 4) is 0 Å². The van der Waals surface area contributed by atoms with Crippen LogP contribution in [0.3, 0.4) is 0 Å². The lowest BCUT2D eigenvalue weighted by molar-refractivity contribution is -0.385.